The minimum Gasteiger partial charge on any atom is -0.367 e. The minimum atomic E-state index is -0.303. The molecule has 1 aromatic rings. The molecule has 1 heterocycles. The van der Waals surface area contributed by atoms with Crippen molar-refractivity contribution in [3.8, 4) is 6.07 Å². The van der Waals surface area contributed by atoms with E-state index in [1.54, 1.807) is 12.1 Å². The zero-order valence-electron chi connectivity index (χ0n) is 11.8. The van der Waals surface area contributed by atoms with E-state index in [0.29, 0.717) is 11.3 Å². The molecule has 4 heteroatoms. The molecule has 19 heavy (non-hydrogen) atoms. The molecular weight excluding hydrogens is 241 g/mol. The zero-order chi connectivity index (χ0) is 14.0. The molecule has 3 nitrogen and oxygen atoms in total. The van der Waals surface area contributed by atoms with Crippen LogP contribution in [0.5, 0.6) is 0 Å². The molecule has 0 aromatic heterocycles. The Morgan fingerprint density at radius 2 is 1.79 bits per heavy atom. The maximum Gasteiger partial charge on any atom is 0.147 e. The molecule has 1 aliphatic heterocycles. The fraction of sp³-hybridized carbons (Fsp3) is 0.533. The predicted octanol–water partition coefficient (Wildman–Crippen LogP) is 2.62. The number of nitriles is 1. The van der Waals surface area contributed by atoms with Crippen LogP contribution in [0.1, 0.15) is 26.3 Å². The summed E-state index contributed by atoms with van der Waals surface area (Å²) < 4.78 is 13.9. The summed E-state index contributed by atoms with van der Waals surface area (Å²) in [5, 5.41) is 8.75. The van der Waals surface area contributed by atoms with Gasteiger partial charge in [-0.3, -0.25) is 4.90 Å². The van der Waals surface area contributed by atoms with Crippen LogP contribution >= 0.6 is 0 Å². The van der Waals surface area contributed by atoms with Crippen LogP contribution in [0.3, 0.4) is 0 Å². The highest BCUT2D eigenvalue weighted by Gasteiger charge is 2.26. The summed E-state index contributed by atoms with van der Waals surface area (Å²) in [4.78, 5) is 4.46. The Hall–Kier alpha value is -1.60. The van der Waals surface area contributed by atoms with Gasteiger partial charge in [-0.25, -0.2) is 4.39 Å². The van der Waals surface area contributed by atoms with Gasteiger partial charge >= 0.3 is 0 Å². The molecule has 0 bridgehead atoms. The lowest BCUT2D eigenvalue weighted by atomic mass is 10.0. The van der Waals surface area contributed by atoms with Crippen molar-refractivity contribution in [1.82, 2.24) is 4.90 Å². The largest absolute Gasteiger partial charge is 0.367 e. The number of rotatable bonds is 1. The van der Waals surface area contributed by atoms with E-state index in [0.717, 1.165) is 26.2 Å². The second-order valence-electron chi connectivity index (χ2n) is 5.92. The lowest BCUT2D eigenvalue weighted by Crippen LogP contribution is -2.53. The molecule has 1 aromatic carbocycles. The molecule has 0 radical (unpaired) electrons. The van der Waals surface area contributed by atoms with E-state index in [2.05, 4.69) is 30.6 Å². The SMILES string of the molecule is CC(C)(C)N1CCN(c2ccc(C#N)cc2F)CC1. The summed E-state index contributed by atoms with van der Waals surface area (Å²) >= 11 is 0. The molecule has 102 valence electrons. The maximum absolute atomic E-state index is 13.9. The average Bonchev–Trinajstić information content (AvgIpc) is 2.37. The molecule has 1 aliphatic rings. The third kappa shape index (κ3) is 3.05. The van der Waals surface area contributed by atoms with Crippen LogP contribution in [0.4, 0.5) is 10.1 Å². The van der Waals surface area contributed by atoms with E-state index >= 15 is 0 Å². The van der Waals surface area contributed by atoms with Crippen LogP contribution in [0.2, 0.25) is 0 Å². The van der Waals surface area contributed by atoms with Crippen LogP contribution < -0.4 is 4.90 Å². The lowest BCUT2D eigenvalue weighted by Gasteiger charge is -2.43. The average molecular weight is 261 g/mol. The van der Waals surface area contributed by atoms with Gasteiger partial charge in [0.15, 0.2) is 0 Å². The van der Waals surface area contributed by atoms with Crippen molar-refractivity contribution < 1.29 is 4.39 Å². The van der Waals surface area contributed by atoms with Gasteiger partial charge < -0.3 is 4.90 Å². The Labute approximate surface area is 114 Å². The highest BCUT2D eigenvalue weighted by molar-refractivity contribution is 5.51. The Morgan fingerprint density at radius 1 is 1.16 bits per heavy atom. The first-order valence-electron chi connectivity index (χ1n) is 6.61. The highest BCUT2D eigenvalue weighted by Crippen LogP contribution is 2.24. The molecule has 0 atom stereocenters. The molecule has 0 unspecified atom stereocenters. The molecule has 1 saturated heterocycles. The van der Waals surface area contributed by atoms with Gasteiger partial charge in [-0.1, -0.05) is 0 Å². The number of nitrogens with zero attached hydrogens (tertiary/aromatic N) is 3. The van der Waals surface area contributed by atoms with E-state index in [-0.39, 0.29) is 11.4 Å². The van der Waals surface area contributed by atoms with E-state index in [1.807, 2.05) is 6.07 Å². The fourth-order valence-corrected chi connectivity index (χ4v) is 2.45. The standard InChI is InChI=1S/C15H20FN3/c1-15(2,3)19-8-6-18(7-9-19)14-5-4-12(11-17)10-13(14)16/h4-5,10H,6-9H2,1-3H3. The van der Waals surface area contributed by atoms with Crippen LogP contribution in [-0.2, 0) is 0 Å². The summed E-state index contributed by atoms with van der Waals surface area (Å²) in [6.45, 7) is 10.1. The monoisotopic (exact) mass is 261 g/mol. The summed E-state index contributed by atoms with van der Waals surface area (Å²) in [5.41, 5.74) is 1.14. The normalized spacial score (nSPS) is 17.3. The smallest absolute Gasteiger partial charge is 0.147 e. The number of hydrogen-bond acceptors (Lipinski definition) is 3. The maximum atomic E-state index is 13.9. The van der Waals surface area contributed by atoms with Gasteiger partial charge in [0.05, 0.1) is 17.3 Å². The molecule has 0 saturated carbocycles. The number of halogens is 1. The zero-order valence-corrected chi connectivity index (χ0v) is 11.8. The molecule has 1 fully saturated rings. The van der Waals surface area contributed by atoms with E-state index in [4.69, 9.17) is 5.26 Å². The van der Waals surface area contributed by atoms with Gasteiger partial charge in [0.25, 0.3) is 0 Å². The van der Waals surface area contributed by atoms with Crippen molar-refractivity contribution in [2.24, 2.45) is 0 Å². The number of hydrogen-bond donors (Lipinski definition) is 0. The van der Waals surface area contributed by atoms with Crippen LogP contribution in [0, 0.1) is 17.1 Å². The summed E-state index contributed by atoms with van der Waals surface area (Å²) in [5.74, 6) is -0.303. The topological polar surface area (TPSA) is 30.3 Å². The van der Waals surface area contributed by atoms with Crippen LogP contribution in [0.25, 0.3) is 0 Å². The lowest BCUT2D eigenvalue weighted by molar-refractivity contribution is 0.128. The number of anilines is 1. The molecular formula is C15H20FN3. The third-order valence-corrected chi connectivity index (χ3v) is 3.65. The second kappa shape index (κ2) is 5.18. The van der Waals surface area contributed by atoms with Crippen molar-refractivity contribution in [3.05, 3.63) is 29.6 Å². The number of piperazine rings is 1. The number of benzene rings is 1. The molecule has 0 aliphatic carbocycles. The molecule has 0 spiro atoms. The Bertz CT molecular complexity index is 491. The first-order valence-corrected chi connectivity index (χ1v) is 6.61. The Morgan fingerprint density at radius 3 is 2.26 bits per heavy atom. The van der Waals surface area contributed by atoms with Crippen molar-refractivity contribution in [2.45, 2.75) is 26.3 Å². The fourth-order valence-electron chi connectivity index (χ4n) is 2.45. The quantitative estimate of drug-likeness (QED) is 0.778. The van der Waals surface area contributed by atoms with Crippen LogP contribution in [0.15, 0.2) is 18.2 Å². The summed E-state index contributed by atoms with van der Waals surface area (Å²) in [7, 11) is 0. The Kier molecular flexibility index (Phi) is 3.77. The summed E-state index contributed by atoms with van der Waals surface area (Å²) in [6, 6.07) is 6.65. The van der Waals surface area contributed by atoms with Crippen molar-refractivity contribution >= 4 is 5.69 Å². The summed E-state index contributed by atoms with van der Waals surface area (Å²) in [6.07, 6.45) is 0. The van der Waals surface area contributed by atoms with E-state index in [1.165, 1.54) is 6.07 Å². The Balaban J connectivity index is 2.08. The molecule has 0 N–H and O–H groups in total. The van der Waals surface area contributed by atoms with E-state index < -0.39 is 0 Å². The van der Waals surface area contributed by atoms with Gasteiger partial charge in [0.1, 0.15) is 5.82 Å². The van der Waals surface area contributed by atoms with Crippen LogP contribution in [-0.4, -0.2) is 36.6 Å². The minimum absolute atomic E-state index is 0.162. The van der Waals surface area contributed by atoms with E-state index in [9.17, 15) is 4.39 Å². The third-order valence-electron chi connectivity index (χ3n) is 3.65. The van der Waals surface area contributed by atoms with Gasteiger partial charge in [0, 0.05) is 31.7 Å². The van der Waals surface area contributed by atoms with Gasteiger partial charge in [-0.15, -0.1) is 0 Å². The van der Waals surface area contributed by atoms with Gasteiger partial charge in [-0.05, 0) is 39.0 Å². The second-order valence-corrected chi connectivity index (χ2v) is 5.92. The van der Waals surface area contributed by atoms with Gasteiger partial charge in [0.2, 0.25) is 0 Å². The van der Waals surface area contributed by atoms with Crippen molar-refractivity contribution in [1.29, 1.82) is 5.26 Å². The first-order chi connectivity index (χ1) is 8.91. The van der Waals surface area contributed by atoms with Crippen molar-refractivity contribution in [2.75, 3.05) is 31.1 Å². The predicted molar refractivity (Wildman–Crippen MR) is 74.7 cm³/mol. The first kappa shape index (κ1) is 13.8. The van der Waals surface area contributed by atoms with Crippen molar-refractivity contribution in [3.63, 3.8) is 0 Å². The molecule has 2 rings (SSSR count). The molecule has 0 amide bonds. The van der Waals surface area contributed by atoms with Gasteiger partial charge in [-0.2, -0.15) is 5.26 Å². The highest BCUT2D eigenvalue weighted by atomic mass is 19.1.